The van der Waals surface area contributed by atoms with Crippen molar-refractivity contribution in [2.75, 3.05) is 7.11 Å². The van der Waals surface area contributed by atoms with Crippen molar-refractivity contribution in [3.8, 4) is 22.8 Å². The Morgan fingerprint density at radius 3 is 2.47 bits per heavy atom. The lowest BCUT2D eigenvalue weighted by Crippen LogP contribution is -2.57. The number of methoxy groups -OCH3 is 1. The van der Waals surface area contributed by atoms with E-state index in [1.165, 1.54) is 12.6 Å². The second-order valence-electron chi connectivity index (χ2n) is 14.7. The van der Waals surface area contributed by atoms with Crippen molar-refractivity contribution in [3.05, 3.63) is 76.7 Å². The number of nitrogens with zero attached hydrogens (tertiary/aromatic N) is 2. The normalized spacial score (nSPS) is 22.2. The molecule has 1 unspecified atom stereocenters. The number of piperidine rings is 1. The van der Waals surface area contributed by atoms with E-state index in [9.17, 15) is 9.90 Å². The molecule has 7 heteroatoms. The summed E-state index contributed by atoms with van der Waals surface area (Å²) in [4.78, 5) is 18.6. The van der Waals surface area contributed by atoms with E-state index in [-0.39, 0.29) is 28.9 Å². The fraction of sp³-hybridized carbons (Fsp3) is 0.526. The van der Waals surface area contributed by atoms with Gasteiger partial charge in [-0.1, -0.05) is 37.3 Å². The average Bonchev–Trinajstić information content (AvgIpc) is 3.84. The lowest BCUT2D eigenvalue weighted by Gasteiger charge is -2.53. The largest absolute Gasteiger partial charge is 0.485 e. The van der Waals surface area contributed by atoms with Crippen molar-refractivity contribution in [1.82, 2.24) is 9.88 Å². The van der Waals surface area contributed by atoms with Crippen LogP contribution in [0.15, 0.2) is 48.7 Å². The van der Waals surface area contributed by atoms with Gasteiger partial charge in [0.25, 0.3) is 0 Å². The summed E-state index contributed by atoms with van der Waals surface area (Å²) in [6, 6.07) is 14.3. The lowest BCUT2D eigenvalue weighted by atomic mass is 9.79. The Morgan fingerprint density at radius 2 is 1.80 bits per heavy atom. The van der Waals surface area contributed by atoms with Crippen LogP contribution in [-0.2, 0) is 17.8 Å². The molecule has 1 N–H and O–H groups in total. The molecular weight excluding hydrogens is 567 g/mol. The SMILES string of the molecule is COc1cc(-c2ccc(C3CCc4ccc([C@H](C5CC5)[C@H](C)C(=O)O)cc4O3)cc2CN2C(C)(C)CCCC2(C)C)c(F)cn1. The molecule has 2 fully saturated rings. The Labute approximate surface area is 267 Å². The van der Waals surface area contributed by atoms with Crippen molar-refractivity contribution < 1.29 is 23.8 Å². The zero-order valence-corrected chi connectivity index (χ0v) is 27.5. The molecule has 3 aliphatic rings. The van der Waals surface area contributed by atoms with Crippen LogP contribution in [0.5, 0.6) is 11.6 Å². The zero-order valence-electron chi connectivity index (χ0n) is 27.5. The second-order valence-corrected chi connectivity index (χ2v) is 14.7. The molecule has 6 rings (SSSR count). The molecule has 0 spiro atoms. The van der Waals surface area contributed by atoms with Gasteiger partial charge in [0.05, 0.1) is 19.2 Å². The van der Waals surface area contributed by atoms with Gasteiger partial charge in [0.1, 0.15) is 17.7 Å². The minimum Gasteiger partial charge on any atom is -0.485 e. The Hall–Kier alpha value is -3.45. The summed E-state index contributed by atoms with van der Waals surface area (Å²) in [7, 11) is 1.55. The van der Waals surface area contributed by atoms with E-state index in [0.29, 0.717) is 23.9 Å². The second kappa shape index (κ2) is 12.1. The van der Waals surface area contributed by atoms with Crippen molar-refractivity contribution in [1.29, 1.82) is 0 Å². The van der Waals surface area contributed by atoms with E-state index in [1.807, 2.05) is 13.0 Å². The predicted octanol–water partition coefficient (Wildman–Crippen LogP) is 8.72. The fourth-order valence-corrected chi connectivity index (χ4v) is 7.99. The highest BCUT2D eigenvalue weighted by Crippen LogP contribution is 2.49. The molecule has 1 saturated carbocycles. The molecule has 1 saturated heterocycles. The highest BCUT2D eigenvalue weighted by atomic mass is 19.1. The Morgan fingerprint density at radius 1 is 1.07 bits per heavy atom. The first-order valence-corrected chi connectivity index (χ1v) is 16.5. The molecule has 0 radical (unpaired) electrons. The molecule has 45 heavy (non-hydrogen) atoms. The van der Waals surface area contributed by atoms with E-state index in [0.717, 1.165) is 72.1 Å². The summed E-state index contributed by atoms with van der Waals surface area (Å²) in [6.45, 7) is 11.7. The standard InChI is InChI=1S/C38H47FN2O4/c1-23(36(42)43)35(25-9-10-25)27-11-8-24-13-15-32(45-33(24)19-27)26-12-14-29(30-20-34(44-6)40-21-31(30)39)28(18-26)22-41-37(2,3)16-7-17-38(41,4)5/h8,11-12,14,18-21,23,25,32,35H,7,9-10,13,15-17,22H2,1-6H3,(H,42,43)/t23-,32?,35-/m0/s1. The molecule has 3 atom stereocenters. The molecule has 0 bridgehead atoms. The van der Waals surface area contributed by atoms with Crippen LogP contribution < -0.4 is 9.47 Å². The number of aromatic nitrogens is 1. The van der Waals surface area contributed by atoms with Crippen LogP contribution in [0.1, 0.15) is 107 Å². The number of aliphatic carboxylic acids is 1. The Bertz CT molecular complexity index is 1560. The van der Waals surface area contributed by atoms with Crippen LogP contribution in [0.2, 0.25) is 0 Å². The molecular formula is C38H47FN2O4. The number of carboxylic acids is 1. The van der Waals surface area contributed by atoms with Gasteiger partial charge in [0.15, 0.2) is 0 Å². The van der Waals surface area contributed by atoms with Gasteiger partial charge in [-0.05, 0) is 118 Å². The van der Waals surface area contributed by atoms with Crippen LogP contribution in [0, 0.1) is 17.7 Å². The first-order valence-electron chi connectivity index (χ1n) is 16.5. The summed E-state index contributed by atoms with van der Waals surface area (Å²) in [5.41, 5.74) is 5.63. The number of halogens is 1. The number of carbonyl (C=O) groups is 1. The number of likely N-dealkylation sites (tertiary alicyclic amines) is 1. The highest BCUT2D eigenvalue weighted by molar-refractivity contribution is 5.71. The van der Waals surface area contributed by atoms with Gasteiger partial charge < -0.3 is 14.6 Å². The van der Waals surface area contributed by atoms with Gasteiger partial charge in [0.2, 0.25) is 5.88 Å². The monoisotopic (exact) mass is 614 g/mol. The maximum absolute atomic E-state index is 15.4. The summed E-state index contributed by atoms with van der Waals surface area (Å²) < 4.78 is 27.4. The van der Waals surface area contributed by atoms with Crippen molar-refractivity contribution >= 4 is 5.97 Å². The smallest absolute Gasteiger partial charge is 0.306 e. The van der Waals surface area contributed by atoms with Gasteiger partial charge in [-0.25, -0.2) is 9.37 Å². The predicted molar refractivity (Wildman–Crippen MR) is 174 cm³/mol. The third kappa shape index (κ3) is 6.33. The molecule has 0 amide bonds. The number of hydrogen-bond donors (Lipinski definition) is 1. The number of hydrogen-bond acceptors (Lipinski definition) is 5. The molecule has 2 aromatic carbocycles. The summed E-state index contributed by atoms with van der Waals surface area (Å²) in [6.07, 6.45) is 8.34. The van der Waals surface area contributed by atoms with Crippen LogP contribution >= 0.6 is 0 Å². The minimum atomic E-state index is -0.751. The Balaban J connectivity index is 1.37. The van der Waals surface area contributed by atoms with Gasteiger partial charge >= 0.3 is 5.97 Å². The molecule has 2 aliphatic heterocycles. The van der Waals surface area contributed by atoms with Gasteiger partial charge in [0, 0.05) is 29.3 Å². The quantitative estimate of drug-likeness (QED) is 0.260. The number of pyridine rings is 1. The van der Waals surface area contributed by atoms with Gasteiger partial charge in [-0.15, -0.1) is 0 Å². The number of benzene rings is 2. The minimum absolute atomic E-state index is 0.00818. The van der Waals surface area contributed by atoms with Crippen LogP contribution in [0.4, 0.5) is 4.39 Å². The van der Waals surface area contributed by atoms with E-state index < -0.39 is 11.9 Å². The molecule has 1 aromatic heterocycles. The number of rotatable bonds is 9. The first kappa shape index (κ1) is 31.5. The van der Waals surface area contributed by atoms with Gasteiger partial charge in [-0.2, -0.15) is 0 Å². The highest BCUT2D eigenvalue weighted by Gasteiger charge is 2.42. The maximum atomic E-state index is 15.4. The van der Waals surface area contributed by atoms with Crippen LogP contribution in [0.3, 0.4) is 0 Å². The van der Waals surface area contributed by atoms with Crippen molar-refractivity contribution in [2.24, 2.45) is 11.8 Å². The summed E-state index contributed by atoms with van der Waals surface area (Å²) >= 11 is 0. The molecule has 1 aliphatic carbocycles. The molecule has 240 valence electrons. The Kier molecular flexibility index (Phi) is 8.44. The summed E-state index contributed by atoms with van der Waals surface area (Å²) in [5.74, 6) is 0.0638. The zero-order chi connectivity index (χ0) is 32.1. The number of ether oxygens (including phenoxy) is 2. The molecule has 3 heterocycles. The van der Waals surface area contributed by atoms with Crippen molar-refractivity contribution in [2.45, 2.75) is 109 Å². The number of carboxylic acid groups (broad SMARTS) is 1. The third-order valence-corrected chi connectivity index (χ3v) is 10.7. The molecule has 6 nitrogen and oxygen atoms in total. The third-order valence-electron chi connectivity index (χ3n) is 10.7. The first-order chi connectivity index (χ1) is 21.4. The average molecular weight is 615 g/mol. The van der Waals surface area contributed by atoms with E-state index >= 15 is 4.39 Å². The van der Waals surface area contributed by atoms with E-state index in [4.69, 9.17) is 9.47 Å². The maximum Gasteiger partial charge on any atom is 0.306 e. The topological polar surface area (TPSA) is 71.9 Å². The van der Waals surface area contributed by atoms with E-state index in [1.54, 1.807) is 13.2 Å². The fourth-order valence-electron chi connectivity index (χ4n) is 7.99. The van der Waals surface area contributed by atoms with E-state index in [2.05, 4.69) is 67.9 Å². The van der Waals surface area contributed by atoms with Gasteiger partial charge in [-0.3, -0.25) is 9.69 Å². The molecule has 3 aromatic rings. The van der Waals surface area contributed by atoms with Crippen LogP contribution in [0.25, 0.3) is 11.1 Å². The summed E-state index contributed by atoms with van der Waals surface area (Å²) in [5, 5.41) is 9.81. The van der Waals surface area contributed by atoms with Crippen molar-refractivity contribution in [3.63, 3.8) is 0 Å². The number of fused-ring (bicyclic) bond motifs is 1. The lowest BCUT2D eigenvalue weighted by molar-refractivity contribution is -0.142. The van der Waals surface area contributed by atoms with Crippen LogP contribution in [-0.4, -0.2) is 39.1 Å². The number of aryl methyl sites for hydroxylation is 1.